The lowest BCUT2D eigenvalue weighted by Crippen LogP contribution is -2.45. The first kappa shape index (κ1) is 15.9. The maximum absolute atomic E-state index is 5.18. The van der Waals surface area contributed by atoms with E-state index in [0.29, 0.717) is 18.5 Å². The lowest BCUT2D eigenvalue weighted by molar-refractivity contribution is 0.148. The molecule has 2 aromatic heterocycles. The number of aryl methyl sites for hydroxylation is 1. The molecular weight excluding hydrogens is 290 g/mol. The fraction of sp³-hybridized carbons (Fsp3) is 0.500. The number of rotatable bonds is 4. The molecule has 0 radical (unpaired) electrons. The molecule has 2 aromatic rings. The van der Waals surface area contributed by atoms with E-state index in [1.54, 1.807) is 6.20 Å². The standard InChI is InChI=1S/C14H19N5O.ClH/c1-2-14-17-13(18-20-14)10-19-7-6-16-9-12(19)11-4-3-5-15-8-11;/h3-5,8,12,16H,2,6-7,9-10H2,1H3;1H. The molecule has 0 saturated carbocycles. The van der Waals surface area contributed by atoms with Gasteiger partial charge in [-0.25, -0.2) is 0 Å². The van der Waals surface area contributed by atoms with Crippen LogP contribution in [0.25, 0.3) is 0 Å². The van der Waals surface area contributed by atoms with Crippen molar-refractivity contribution in [3.05, 3.63) is 41.8 Å². The summed E-state index contributed by atoms with van der Waals surface area (Å²) in [5.41, 5.74) is 1.22. The predicted molar refractivity (Wildman–Crippen MR) is 81.2 cm³/mol. The third-order valence-corrected chi connectivity index (χ3v) is 3.58. The smallest absolute Gasteiger partial charge is 0.226 e. The summed E-state index contributed by atoms with van der Waals surface area (Å²) in [6, 6.07) is 4.40. The van der Waals surface area contributed by atoms with Gasteiger partial charge in [-0.1, -0.05) is 18.1 Å². The van der Waals surface area contributed by atoms with E-state index in [1.165, 1.54) is 5.56 Å². The summed E-state index contributed by atoms with van der Waals surface area (Å²) in [4.78, 5) is 11.0. The molecule has 114 valence electrons. The van der Waals surface area contributed by atoms with Crippen molar-refractivity contribution in [2.75, 3.05) is 19.6 Å². The van der Waals surface area contributed by atoms with Gasteiger partial charge < -0.3 is 9.84 Å². The Morgan fingerprint density at radius 3 is 3.10 bits per heavy atom. The summed E-state index contributed by atoms with van der Waals surface area (Å²) in [6.07, 6.45) is 4.51. The normalized spacial score (nSPS) is 19.2. The second-order valence-corrected chi connectivity index (χ2v) is 4.93. The van der Waals surface area contributed by atoms with E-state index < -0.39 is 0 Å². The Labute approximate surface area is 130 Å². The van der Waals surface area contributed by atoms with Crippen LogP contribution < -0.4 is 5.32 Å². The van der Waals surface area contributed by atoms with E-state index in [1.807, 2.05) is 19.2 Å². The lowest BCUT2D eigenvalue weighted by atomic mass is 10.1. The van der Waals surface area contributed by atoms with Gasteiger partial charge in [-0.05, 0) is 11.6 Å². The average molecular weight is 310 g/mol. The van der Waals surface area contributed by atoms with Crippen LogP contribution >= 0.6 is 12.4 Å². The molecule has 1 atom stereocenters. The van der Waals surface area contributed by atoms with Crippen molar-refractivity contribution in [3.8, 4) is 0 Å². The number of halogens is 1. The van der Waals surface area contributed by atoms with Crippen molar-refractivity contribution in [3.63, 3.8) is 0 Å². The van der Waals surface area contributed by atoms with E-state index >= 15 is 0 Å². The summed E-state index contributed by atoms with van der Waals surface area (Å²) in [6.45, 7) is 5.60. The highest BCUT2D eigenvalue weighted by atomic mass is 35.5. The highest BCUT2D eigenvalue weighted by molar-refractivity contribution is 5.85. The molecular formula is C14H20ClN5O. The molecule has 1 N–H and O–H groups in total. The first-order valence-electron chi connectivity index (χ1n) is 7.03. The Morgan fingerprint density at radius 2 is 2.38 bits per heavy atom. The number of aromatic nitrogens is 3. The van der Waals surface area contributed by atoms with Gasteiger partial charge in [0.25, 0.3) is 0 Å². The molecule has 0 amide bonds. The van der Waals surface area contributed by atoms with Gasteiger partial charge in [0.15, 0.2) is 5.82 Å². The largest absolute Gasteiger partial charge is 0.339 e. The van der Waals surface area contributed by atoms with Crippen molar-refractivity contribution < 1.29 is 4.52 Å². The third-order valence-electron chi connectivity index (χ3n) is 3.58. The van der Waals surface area contributed by atoms with Gasteiger partial charge in [-0.15, -0.1) is 12.4 Å². The summed E-state index contributed by atoms with van der Waals surface area (Å²) in [5.74, 6) is 1.46. The molecule has 1 aliphatic rings. The van der Waals surface area contributed by atoms with Crippen molar-refractivity contribution in [2.45, 2.75) is 25.9 Å². The number of pyridine rings is 1. The number of hydrogen-bond acceptors (Lipinski definition) is 6. The molecule has 1 aliphatic heterocycles. The Balaban J connectivity index is 0.00000161. The monoisotopic (exact) mass is 309 g/mol. The van der Waals surface area contributed by atoms with Gasteiger partial charge in [0.2, 0.25) is 5.89 Å². The average Bonchev–Trinajstić information content (AvgIpc) is 2.96. The van der Waals surface area contributed by atoms with Crippen LogP contribution in [-0.2, 0) is 13.0 Å². The molecule has 0 spiro atoms. The van der Waals surface area contributed by atoms with Crippen molar-refractivity contribution >= 4 is 12.4 Å². The summed E-state index contributed by atoms with van der Waals surface area (Å²) < 4.78 is 5.18. The molecule has 6 nitrogen and oxygen atoms in total. The van der Waals surface area contributed by atoms with Crippen LogP contribution in [0.5, 0.6) is 0 Å². The van der Waals surface area contributed by atoms with Crippen LogP contribution in [0.3, 0.4) is 0 Å². The van der Waals surface area contributed by atoms with E-state index in [0.717, 1.165) is 31.9 Å². The van der Waals surface area contributed by atoms with Gasteiger partial charge in [0.1, 0.15) is 0 Å². The minimum atomic E-state index is 0. The Bertz CT molecular complexity index is 547. The fourth-order valence-corrected chi connectivity index (χ4v) is 2.52. The van der Waals surface area contributed by atoms with Gasteiger partial charge >= 0.3 is 0 Å². The molecule has 0 aliphatic carbocycles. The quantitative estimate of drug-likeness (QED) is 0.925. The van der Waals surface area contributed by atoms with Gasteiger partial charge in [0.05, 0.1) is 6.54 Å². The molecule has 7 heteroatoms. The molecule has 1 fully saturated rings. The third kappa shape index (κ3) is 3.78. The molecule has 1 unspecified atom stereocenters. The van der Waals surface area contributed by atoms with Crippen LogP contribution in [0.4, 0.5) is 0 Å². The number of piperazine rings is 1. The van der Waals surface area contributed by atoms with Crippen LogP contribution in [0, 0.1) is 0 Å². The van der Waals surface area contributed by atoms with Crippen LogP contribution in [0.2, 0.25) is 0 Å². The topological polar surface area (TPSA) is 67.1 Å². The molecule has 0 aromatic carbocycles. The molecule has 3 heterocycles. The maximum atomic E-state index is 5.18. The maximum Gasteiger partial charge on any atom is 0.226 e. The van der Waals surface area contributed by atoms with Crippen LogP contribution in [0.15, 0.2) is 29.0 Å². The lowest BCUT2D eigenvalue weighted by Gasteiger charge is -2.35. The van der Waals surface area contributed by atoms with Crippen molar-refractivity contribution in [1.82, 2.24) is 25.3 Å². The van der Waals surface area contributed by atoms with Gasteiger partial charge in [-0.3, -0.25) is 9.88 Å². The molecule has 1 saturated heterocycles. The molecule has 3 rings (SSSR count). The summed E-state index contributed by atoms with van der Waals surface area (Å²) in [5, 5.41) is 7.48. The number of nitrogens with one attached hydrogen (secondary N) is 1. The first-order valence-corrected chi connectivity index (χ1v) is 7.03. The van der Waals surface area contributed by atoms with Gasteiger partial charge in [-0.2, -0.15) is 4.98 Å². The zero-order chi connectivity index (χ0) is 13.8. The first-order chi connectivity index (χ1) is 9.86. The second-order valence-electron chi connectivity index (χ2n) is 4.93. The summed E-state index contributed by atoms with van der Waals surface area (Å²) >= 11 is 0. The van der Waals surface area contributed by atoms with Crippen molar-refractivity contribution in [2.24, 2.45) is 0 Å². The highest BCUT2D eigenvalue weighted by Crippen LogP contribution is 2.22. The Hall–Kier alpha value is -1.50. The van der Waals surface area contributed by atoms with E-state index in [2.05, 4.69) is 31.4 Å². The van der Waals surface area contributed by atoms with Gasteiger partial charge in [0, 0.05) is 44.5 Å². The van der Waals surface area contributed by atoms with Crippen LogP contribution in [-0.4, -0.2) is 39.7 Å². The zero-order valence-corrected chi connectivity index (χ0v) is 12.8. The number of nitrogens with zero attached hydrogens (tertiary/aromatic N) is 4. The fourth-order valence-electron chi connectivity index (χ4n) is 2.52. The van der Waals surface area contributed by atoms with E-state index in [9.17, 15) is 0 Å². The molecule has 21 heavy (non-hydrogen) atoms. The second kappa shape index (κ2) is 7.49. The Morgan fingerprint density at radius 1 is 1.48 bits per heavy atom. The summed E-state index contributed by atoms with van der Waals surface area (Å²) in [7, 11) is 0. The van der Waals surface area contributed by atoms with E-state index in [4.69, 9.17) is 4.52 Å². The minimum absolute atomic E-state index is 0. The Kier molecular flexibility index (Phi) is 5.67. The minimum Gasteiger partial charge on any atom is -0.339 e. The predicted octanol–water partition coefficient (Wildman–Crippen LogP) is 1.60. The SMILES string of the molecule is CCc1nc(CN2CCNCC2c2cccnc2)no1.Cl. The highest BCUT2D eigenvalue weighted by Gasteiger charge is 2.25. The van der Waals surface area contributed by atoms with Crippen LogP contribution in [0.1, 0.15) is 30.2 Å². The molecule has 0 bridgehead atoms. The van der Waals surface area contributed by atoms with Crippen molar-refractivity contribution in [1.29, 1.82) is 0 Å². The number of hydrogen-bond donors (Lipinski definition) is 1. The van der Waals surface area contributed by atoms with E-state index in [-0.39, 0.29) is 12.4 Å². The zero-order valence-electron chi connectivity index (χ0n) is 12.0.